The van der Waals surface area contributed by atoms with Gasteiger partial charge in [-0.05, 0) is 6.92 Å². The molecule has 0 atom stereocenters. The first-order chi connectivity index (χ1) is 8.69. The second-order valence-electron chi connectivity index (χ2n) is 3.99. The third-order valence-electron chi connectivity index (χ3n) is 2.60. The first kappa shape index (κ1) is 14.7. The molecule has 1 amide bonds. The maximum Gasteiger partial charge on any atom is 0.222 e. The lowest BCUT2D eigenvalue weighted by atomic mass is 10.4. The van der Waals surface area contributed by atoms with E-state index in [1.54, 1.807) is 20.4 Å². The summed E-state index contributed by atoms with van der Waals surface area (Å²) in [5.74, 6) is 0.879. The van der Waals surface area contributed by atoms with Crippen LogP contribution in [0, 0.1) is 6.92 Å². The number of hydrogen-bond acceptors (Lipinski definition) is 4. The van der Waals surface area contributed by atoms with Crippen LogP contribution in [0.15, 0.2) is 6.20 Å². The van der Waals surface area contributed by atoms with Gasteiger partial charge in [0.05, 0.1) is 6.61 Å². The molecule has 0 aromatic carbocycles. The first-order valence-corrected chi connectivity index (χ1v) is 5.94. The van der Waals surface area contributed by atoms with Gasteiger partial charge in [0, 0.05) is 45.6 Å². The van der Waals surface area contributed by atoms with Crippen molar-refractivity contribution in [3.8, 4) is 0 Å². The Kier molecular flexibility index (Phi) is 6.38. The van der Waals surface area contributed by atoms with Crippen molar-refractivity contribution in [3.63, 3.8) is 0 Å². The maximum atomic E-state index is 11.4. The third kappa shape index (κ3) is 4.46. The molecule has 102 valence electrons. The number of imidazole rings is 1. The molecule has 0 radical (unpaired) electrons. The average Bonchev–Trinajstić information content (AvgIpc) is 2.69. The van der Waals surface area contributed by atoms with E-state index in [4.69, 9.17) is 9.47 Å². The van der Waals surface area contributed by atoms with Gasteiger partial charge in [-0.3, -0.25) is 4.79 Å². The van der Waals surface area contributed by atoms with Crippen molar-refractivity contribution in [2.75, 3.05) is 27.4 Å². The molecule has 0 spiro atoms. The van der Waals surface area contributed by atoms with Crippen molar-refractivity contribution < 1.29 is 14.3 Å². The van der Waals surface area contributed by atoms with Gasteiger partial charge < -0.3 is 19.4 Å². The van der Waals surface area contributed by atoms with Crippen molar-refractivity contribution in [2.24, 2.45) is 0 Å². The fourth-order valence-electron chi connectivity index (χ4n) is 1.65. The Labute approximate surface area is 107 Å². The number of methoxy groups -OCH3 is 2. The summed E-state index contributed by atoms with van der Waals surface area (Å²) in [4.78, 5) is 15.6. The average molecular weight is 255 g/mol. The van der Waals surface area contributed by atoms with Gasteiger partial charge in [-0.2, -0.15) is 0 Å². The summed E-state index contributed by atoms with van der Waals surface area (Å²) in [6.07, 6.45) is 2.20. The smallest absolute Gasteiger partial charge is 0.222 e. The zero-order valence-electron chi connectivity index (χ0n) is 11.2. The quantitative estimate of drug-likeness (QED) is 0.734. The number of nitrogens with one attached hydrogen (secondary N) is 1. The van der Waals surface area contributed by atoms with Gasteiger partial charge in [-0.15, -0.1) is 0 Å². The minimum Gasteiger partial charge on any atom is -0.384 e. The predicted molar refractivity (Wildman–Crippen MR) is 67.2 cm³/mol. The molecule has 0 aliphatic rings. The lowest BCUT2D eigenvalue weighted by Crippen LogP contribution is -2.28. The van der Waals surface area contributed by atoms with Crippen molar-refractivity contribution >= 4 is 5.91 Å². The predicted octanol–water partition coefficient (Wildman–Crippen LogP) is 0.491. The summed E-state index contributed by atoms with van der Waals surface area (Å²) in [6, 6.07) is 0. The molecule has 0 aliphatic carbocycles. The zero-order valence-corrected chi connectivity index (χ0v) is 11.2. The standard InChI is InChI=1S/C12H21N3O3/c1-10-8-14-11(9-18-3)15(10)6-5-13-12(16)4-7-17-2/h8H,4-7,9H2,1-3H3,(H,13,16). The number of carbonyl (C=O) groups excluding carboxylic acids is 1. The summed E-state index contributed by atoms with van der Waals surface area (Å²) in [6.45, 7) is 4.19. The van der Waals surface area contributed by atoms with E-state index in [9.17, 15) is 4.79 Å². The summed E-state index contributed by atoms with van der Waals surface area (Å²) in [7, 11) is 3.22. The number of nitrogens with zero attached hydrogens (tertiary/aromatic N) is 2. The molecule has 18 heavy (non-hydrogen) atoms. The van der Waals surface area contributed by atoms with Crippen LogP contribution in [-0.2, 0) is 27.4 Å². The third-order valence-corrected chi connectivity index (χ3v) is 2.60. The van der Waals surface area contributed by atoms with E-state index in [0.717, 1.165) is 11.5 Å². The van der Waals surface area contributed by atoms with Gasteiger partial charge in [-0.25, -0.2) is 4.98 Å². The molecule has 0 saturated carbocycles. The van der Waals surface area contributed by atoms with Crippen LogP contribution in [0.2, 0.25) is 0 Å². The van der Waals surface area contributed by atoms with Crippen molar-refractivity contribution in [1.82, 2.24) is 14.9 Å². The van der Waals surface area contributed by atoms with Crippen LogP contribution in [0.1, 0.15) is 17.9 Å². The number of amides is 1. The second-order valence-corrected chi connectivity index (χ2v) is 3.99. The molecule has 0 saturated heterocycles. The van der Waals surface area contributed by atoms with Crippen molar-refractivity contribution in [2.45, 2.75) is 26.5 Å². The van der Waals surface area contributed by atoms with Crippen molar-refractivity contribution in [1.29, 1.82) is 0 Å². The highest BCUT2D eigenvalue weighted by Crippen LogP contribution is 2.04. The summed E-state index contributed by atoms with van der Waals surface area (Å²) in [5.41, 5.74) is 1.06. The molecule has 0 aliphatic heterocycles. The topological polar surface area (TPSA) is 65.4 Å². The number of carbonyl (C=O) groups is 1. The minimum atomic E-state index is 0.00269. The number of aryl methyl sites for hydroxylation is 1. The molecule has 1 heterocycles. The van der Waals surface area contributed by atoms with E-state index in [0.29, 0.717) is 32.7 Å². The lowest BCUT2D eigenvalue weighted by molar-refractivity contribution is -0.121. The van der Waals surface area contributed by atoms with E-state index in [1.807, 2.05) is 11.5 Å². The Bertz CT molecular complexity index is 377. The second kappa shape index (κ2) is 7.84. The Morgan fingerprint density at radius 1 is 1.44 bits per heavy atom. The molecule has 0 fully saturated rings. The van der Waals surface area contributed by atoms with Gasteiger partial charge in [-0.1, -0.05) is 0 Å². The fraction of sp³-hybridized carbons (Fsp3) is 0.667. The summed E-state index contributed by atoms with van der Waals surface area (Å²) >= 11 is 0. The van der Waals surface area contributed by atoms with E-state index in [-0.39, 0.29) is 5.91 Å². The van der Waals surface area contributed by atoms with E-state index in [1.165, 1.54) is 0 Å². The number of aromatic nitrogens is 2. The van der Waals surface area contributed by atoms with E-state index in [2.05, 4.69) is 10.3 Å². The van der Waals surface area contributed by atoms with Gasteiger partial charge in [0.2, 0.25) is 5.91 Å². The molecule has 6 nitrogen and oxygen atoms in total. The molecule has 1 aromatic rings. The zero-order chi connectivity index (χ0) is 13.4. The molecule has 1 N–H and O–H groups in total. The highest BCUT2D eigenvalue weighted by atomic mass is 16.5. The highest BCUT2D eigenvalue weighted by molar-refractivity contribution is 5.75. The molecular formula is C12H21N3O3. The first-order valence-electron chi connectivity index (χ1n) is 5.94. The molecule has 0 bridgehead atoms. The number of hydrogen-bond donors (Lipinski definition) is 1. The SMILES string of the molecule is COCCC(=O)NCCn1c(C)cnc1COC. The van der Waals surface area contributed by atoms with Gasteiger partial charge in [0.15, 0.2) is 0 Å². The van der Waals surface area contributed by atoms with Crippen molar-refractivity contribution in [3.05, 3.63) is 17.7 Å². The monoisotopic (exact) mass is 255 g/mol. The van der Waals surface area contributed by atoms with Crippen LogP contribution >= 0.6 is 0 Å². The maximum absolute atomic E-state index is 11.4. The van der Waals surface area contributed by atoms with Gasteiger partial charge >= 0.3 is 0 Å². The van der Waals surface area contributed by atoms with Crippen LogP contribution in [0.25, 0.3) is 0 Å². The van der Waals surface area contributed by atoms with Crippen LogP contribution in [0.5, 0.6) is 0 Å². The Balaban J connectivity index is 2.38. The fourth-order valence-corrected chi connectivity index (χ4v) is 1.65. The highest BCUT2D eigenvalue weighted by Gasteiger charge is 2.07. The number of ether oxygens (including phenoxy) is 2. The largest absolute Gasteiger partial charge is 0.384 e. The lowest BCUT2D eigenvalue weighted by Gasteiger charge is -2.10. The Hall–Kier alpha value is -1.40. The molecular weight excluding hydrogens is 234 g/mol. The number of rotatable bonds is 8. The van der Waals surface area contributed by atoms with Crippen LogP contribution in [-0.4, -0.2) is 42.8 Å². The van der Waals surface area contributed by atoms with Crippen LogP contribution in [0.3, 0.4) is 0 Å². The van der Waals surface area contributed by atoms with E-state index < -0.39 is 0 Å². The molecule has 1 aromatic heterocycles. The molecule has 1 rings (SSSR count). The molecule has 6 heteroatoms. The van der Waals surface area contributed by atoms with Crippen LogP contribution < -0.4 is 5.32 Å². The molecule has 0 unspecified atom stereocenters. The Morgan fingerprint density at radius 3 is 2.89 bits per heavy atom. The van der Waals surface area contributed by atoms with E-state index >= 15 is 0 Å². The normalized spacial score (nSPS) is 10.6. The minimum absolute atomic E-state index is 0.00269. The Morgan fingerprint density at radius 2 is 2.22 bits per heavy atom. The van der Waals surface area contributed by atoms with Gasteiger partial charge in [0.1, 0.15) is 12.4 Å². The van der Waals surface area contributed by atoms with Gasteiger partial charge in [0.25, 0.3) is 0 Å². The summed E-state index contributed by atoms with van der Waals surface area (Å²) in [5, 5.41) is 2.84. The summed E-state index contributed by atoms with van der Waals surface area (Å²) < 4.78 is 12.0. The van der Waals surface area contributed by atoms with Crippen LogP contribution in [0.4, 0.5) is 0 Å².